The molecule has 0 heterocycles. The zero-order valence-corrected chi connectivity index (χ0v) is 14.5. The van der Waals surface area contributed by atoms with Crippen molar-refractivity contribution in [3.05, 3.63) is 53.8 Å². The van der Waals surface area contributed by atoms with E-state index in [2.05, 4.69) is 5.32 Å². The molecule has 0 radical (unpaired) electrons. The summed E-state index contributed by atoms with van der Waals surface area (Å²) < 4.78 is 19.3. The molecule has 24 heavy (non-hydrogen) atoms. The van der Waals surface area contributed by atoms with E-state index in [9.17, 15) is 9.18 Å². The van der Waals surface area contributed by atoms with Crippen LogP contribution in [0.5, 0.6) is 5.75 Å². The summed E-state index contributed by atoms with van der Waals surface area (Å²) in [4.78, 5) is 12.0. The van der Waals surface area contributed by atoms with Gasteiger partial charge in [-0.15, -0.1) is 12.4 Å². The second-order valence-electron chi connectivity index (χ2n) is 5.44. The van der Waals surface area contributed by atoms with Gasteiger partial charge in [0.05, 0.1) is 12.7 Å². The van der Waals surface area contributed by atoms with Gasteiger partial charge in [0.2, 0.25) is 0 Å². The number of carbonyl (C=O) groups excluding carboxylic acids is 1. The minimum Gasteiger partial charge on any atom is -0.497 e. The normalized spacial score (nSPS) is 11.3. The van der Waals surface area contributed by atoms with Crippen LogP contribution in [0, 0.1) is 5.82 Å². The maximum atomic E-state index is 14.2. The Balaban J connectivity index is 0.00000288. The number of ether oxygens (including phenoxy) is 1. The summed E-state index contributed by atoms with van der Waals surface area (Å²) in [6, 6.07) is 11.9. The number of nitrogens with one attached hydrogen (secondary N) is 1. The summed E-state index contributed by atoms with van der Waals surface area (Å²) in [5, 5.41) is 2.67. The van der Waals surface area contributed by atoms with E-state index in [-0.39, 0.29) is 24.0 Å². The predicted molar refractivity (Wildman–Crippen MR) is 96.2 cm³/mol. The van der Waals surface area contributed by atoms with Crippen molar-refractivity contribution in [3.63, 3.8) is 0 Å². The van der Waals surface area contributed by atoms with Crippen molar-refractivity contribution in [1.82, 2.24) is 5.32 Å². The highest BCUT2D eigenvalue weighted by Crippen LogP contribution is 2.24. The first kappa shape index (κ1) is 19.9. The third kappa shape index (κ3) is 5.22. The maximum absolute atomic E-state index is 14.2. The monoisotopic (exact) mass is 352 g/mol. The van der Waals surface area contributed by atoms with E-state index in [1.807, 2.05) is 31.2 Å². The average molecular weight is 353 g/mol. The number of hydrogen-bond acceptors (Lipinski definition) is 3. The zero-order chi connectivity index (χ0) is 16.8. The standard InChI is InChI=1S/C18H21FN2O2.ClH/c1-12(20)9-10-21-18(22)16-8-5-14(11-17(16)19)13-3-6-15(23-2)7-4-13;/h3-8,11-12H,9-10,20H2,1-2H3,(H,21,22);1H. The van der Waals surface area contributed by atoms with Gasteiger partial charge in [-0.05, 0) is 48.7 Å². The van der Waals surface area contributed by atoms with Gasteiger partial charge in [0.25, 0.3) is 5.91 Å². The quantitative estimate of drug-likeness (QED) is 0.837. The van der Waals surface area contributed by atoms with E-state index in [0.717, 1.165) is 11.3 Å². The van der Waals surface area contributed by atoms with E-state index in [1.165, 1.54) is 12.1 Å². The van der Waals surface area contributed by atoms with Gasteiger partial charge in [0.1, 0.15) is 11.6 Å². The Bertz CT molecular complexity index is 675. The van der Waals surface area contributed by atoms with Gasteiger partial charge in [0.15, 0.2) is 0 Å². The van der Waals surface area contributed by atoms with Gasteiger partial charge < -0.3 is 15.8 Å². The summed E-state index contributed by atoms with van der Waals surface area (Å²) in [6.45, 7) is 2.28. The highest BCUT2D eigenvalue weighted by Gasteiger charge is 2.12. The van der Waals surface area contributed by atoms with E-state index in [0.29, 0.717) is 18.5 Å². The number of amides is 1. The first-order chi connectivity index (χ1) is 11.0. The molecule has 6 heteroatoms. The van der Waals surface area contributed by atoms with Crippen molar-refractivity contribution in [3.8, 4) is 16.9 Å². The predicted octanol–water partition coefficient (Wildman–Crippen LogP) is 3.39. The Labute approximate surface area is 147 Å². The third-order valence-corrected chi connectivity index (χ3v) is 3.52. The molecule has 1 atom stereocenters. The third-order valence-electron chi connectivity index (χ3n) is 3.52. The van der Waals surface area contributed by atoms with E-state index in [1.54, 1.807) is 13.2 Å². The minimum absolute atomic E-state index is 0. The molecule has 0 spiro atoms. The van der Waals surface area contributed by atoms with Crippen LogP contribution in [0.1, 0.15) is 23.7 Å². The number of rotatable bonds is 6. The van der Waals surface area contributed by atoms with E-state index >= 15 is 0 Å². The van der Waals surface area contributed by atoms with Crippen molar-refractivity contribution in [2.75, 3.05) is 13.7 Å². The molecule has 3 N–H and O–H groups in total. The molecule has 0 aromatic heterocycles. The van der Waals surface area contributed by atoms with Crippen molar-refractivity contribution >= 4 is 18.3 Å². The van der Waals surface area contributed by atoms with Crippen LogP contribution >= 0.6 is 12.4 Å². The second-order valence-corrected chi connectivity index (χ2v) is 5.44. The summed E-state index contributed by atoms with van der Waals surface area (Å²) >= 11 is 0. The van der Waals surface area contributed by atoms with Crippen molar-refractivity contribution in [1.29, 1.82) is 0 Å². The molecular formula is C18H22ClFN2O2. The fraction of sp³-hybridized carbons (Fsp3) is 0.278. The molecule has 2 aromatic rings. The molecule has 0 fully saturated rings. The van der Waals surface area contributed by atoms with Gasteiger partial charge in [-0.25, -0.2) is 4.39 Å². The van der Waals surface area contributed by atoms with Crippen LogP contribution in [-0.2, 0) is 0 Å². The molecule has 2 aromatic carbocycles. The Morgan fingerprint density at radius 3 is 2.38 bits per heavy atom. The zero-order valence-electron chi connectivity index (χ0n) is 13.7. The summed E-state index contributed by atoms with van der Waals surface area (Å²) in [7, 11) is 1.59. The number of nitrogens with two attached hydrogens (primary N) is 1. The molecule has 0 saturated heterocycles. The lowest BCUT2D eigenvalue weighted by Crippen LogP contribution is -2.29. The molecular weight excluding hydrogens is 331 g/mol. The van der Waals surface area contributed by atoms with Gasteiger partial charge in [-0.3, -0.25) is 4.79 Å². The number of halogens is 2. The molecule has 4 nitrogen and oxygen atoms in total. The summed E-state index contributed by atoms with van der Waals surface area (Å²) in [5.41, 5.74) is 7.21. The molecule has 0 saturated carbocycles. The molecule has 0 aliphatic heterocycles. The highest BCUT2D eigenvalue weighted by atomic mass is 35.5. The van der Waals surface area contributed by atoms with Crippen LogP contribution in [-0.4, -0.2) is 25.6 Å². The van der Waals surface area contributed by atoms with Crippen LogP contribution in [0.25, 0.3) is 11.1 Å². The Kier molecular flexibility index (Phi) is 7.68. The number of methoxy groups -OCH3 is 1. The van der Waals surface area contributed by atoms with Gasteiger partial charge in [0, 0.05) is 12.6 Å². The molecule has 0 bridgehead atoms. The summed E-state index contributed by atoms with van der Waals surface area (Å²) in [5.74, 6) is -0.236. The Hall–Kier alpha value is -2.11. The summed E-state index contributed by atoms with van der Waals surface area (Å²) in [6.07, 6.45) is 0.650. The van der Waals surface area contributed by atoms with Gasteiger partial charge >= 0.3 is 0 Å². The van der Waals surface area contributed by atoms with E-state index < -0.39 is 11.7 Å². The van der Waals surface area contributed by atoms with Crippen LogP contribution in [0.15, 0.2) is 42.5 Å². The molecule has 0 aliphatic rings. The fourth-order valence-corrected chi connectivity index (χ4v) is 2.17. The van der Waals surface area contributed by atoms with Crippen LogP contribution in [0.2, 0.25) is 0 Å². The van der Waals surface area contributed by atoms with Gasteiger partial charge in [-0.2, -0.15) is 0 Å². The smallest absolute Gasteiger partial charge is 0.254 e. The number of benzene rings is 2. The first-order valence-electron chi connectivity index (χ1n) is 7.49. The largest absolute Gasteiger partial charge is 0.497 e. The topological polar surface area (TPSA) is 64.3 Å². The lowest BCUT2D eigenvalue weighted by molar-refractivity contribution is 0.0949. The maximum Gasteiger partial charge on any atom is 0.254 e. The molecule has 0 aliphatic carbocycles. The molecule has 1 amide bonds. The van der Waals surface area contributed by atoms with Crippen LogP contribution in [0.3, 0.4) is 0 Å². The average Bonchev–Trinajstić information content (AvgIpc) is 2.54. The SMILES string of the molecule is COc1ccc(-c2ccc(C(=O)NCCC(C)N)c(F)c2)cc1.Cl. The van der Waals surface area contributed by atoms with Crippen LogP contribution < -0.4 is 15.8 Å². The first-order valence-corrected chi connectivity index (χ1v) is 7.49. The van der Waals surface area contributed by atoms with E-state index in [4.69, 9.17) is 10.5 Å². The lowest BCUT2D eigenvalue weighted by atomic mass is 10.0. The van der Waals surface area contributed by atoms with Crippen molar-refractivity contribution in [2.45, 2.75) is 19.4 Å². The molecule has 1 unspecified atom stereocenters. The van der Waals surface area contributed by atoms with Crippen molar-refractivity contribution < 1.29 is 13.9 Å². The number of hydrogen-bond donors (Lipinski definition) is 2. The molecule has 130 valence electrons. The second kappa shape index (κ2) is 9.25. The molecule has 2 rings (SSSR count). The fourth-order valence-electron chi connectivity index (χ4n) is 2.17. The Morgan fingerprint density at radius 1 is 1.21 bits per heavy atom. The Morgan fingerprint density at radius 2 is 1.83 bits per heavy atom. The lowest BCUT2D eigenvalue weighted by Gasteiger charge is -2.09. The highest BCUT2D eigenvalue weighted by molar-refractivity contribution is 5.95. The van der Waals surface area contributed by atoms with Crippen molar-refractivity contribution in [2.24, 2.45) is 5.73 Å². The minimum atomic E-state index is -0.545. The van der Waals surface area contributed by atoms with Gasteiger partial charge in [-0.1, -0.05) is 18.2 Å². The van der Waals surface area contributed by atoms with Crippen LogP contribution in [0.4, 0.5) is 4.39 Å². The number of carbonyl (C=O) groups is 1.